The third-order valence-electron chi connectivity index (χ3n) is 2.61. The number of oxime groups is 1. The first-order valence-electron chi connectivity index (χ1n) is 5.66. The van der Waals surface area contributed by atoms with Crippen LogP contribution >= 0.6 is 11.3 Å². The molecule has 3 N–H and O–H groups in total. The van der Waals surface area contributed by atoms with Gasteiger partial charge in [-0.15, -0.1) is 11.3 Å². The Bertz CT molecular complexity index is 578. The van der Waals surface area contributed by atoms with Crippen LogP contribution in [0, 0.1) is 6.92 Å². The van der Waals surface area contributed by atoms with Crippen molar-refractivity contribution in [2.24, 2.45) is 10.9 Å². The lowest BCUT2D eigenvalue weighted by molar-refractivity contribution is 0.318. The van der Waals surface area contributed by atoms with Crippen LogP contribution in [-0.4, -0.2) is 28.1 Å². The summed E-state index contributed by atoms with van der Waals surface area (Å²) in [5.74, 6) is 0.858. The first-order chi connectivity index (χ1) is 9.10. The molecule has 0 saturated heterocycles. The van der Waals surface area contributed by atoms with Crippen LogP contribution in [0.4, 0.5) is 5.82 Å². The molecule has 0 saturated carbocycles. The molecule has 0 bridgehead atoms. The average molecular weight is 277 g/mol. The SMILES string of the molecule is Cc1nc(CN(C)c2ccc(C(N)=NO)cn2)cs1. The van der Waals surface area contributed by atoms with E-state index in [1.807, 2.05) is 30.3 Å². The minimum absolute atomic E-state index is 0.0526. The predicted molar refractivity (Wildman–Crippen MR) is 75.7 cm³/mol. The summed E-state index contributed by atoms with van der Waals surface area (Å²) in [7, 11) is 1.94. The molecule has 0 spiro atoms. The van der Waals surface area contributed by atoms with Gasteiger partial charge in [0.15, 0.2) is 5.84 Å². The Morgan fingerprint density at radius 1 is 1.53 bits per heavy atom. The average Bonchev–Trinajstić information content (AvgIpc) is 2.83. The van der Waals surface area contributed by atoms with E-state index in [-0.39, 0.29) is 5.84 Å². The van der Waals surface area contributed by atoms with Crippen LogP contribution in [0.2, 0.25) is 0 Å². The zero-order valence-corrected chi connectivity index (χ0v) is 11.6. The summed E-state index contributed by atoms with van der Waals surface area (Å²) in [5, 5.41) is 14.6. The lowest BCUT2D eigenvalue weighted by Crippen LogP contribution is -2.19. The zero-order chi connectivity index (χ0) is 13.8. The minimum Gasteiger partial charge on any atom is -0.409 e. The van der Waals surface area contributed by atoms with Crippen molar-refractivity contribution < 1.29 is 5.21 Å². The van der Waals surface area contributed by atoms with Crippen LogP contribution in [0.1, 0.15) is 16.3 Å². The lowest BCUT2D eigenvalue weighted by atomic mass is 10.2. The Kier molecular flexibility index (Phi) is 3.96. The van der Waals surface area contributed by atoms with Crippen LogP contribution in [0.25, 0.3) is 0 Å². The maximum absolute atomic E-state index is 8.58. The number of aromatic nitrogens is 2. The van der Waals surface area contributed by atoms with E-state index in [4.69, 9.17) is 10.9 Å². The summed E-state index contributed by atoms with van der Waals surface area (Å²) in [4.78, 5) is 10.7. The molecule has 0 fully saturated rings. The van der Waals surface area contributed by atoms with Gasteiger partial charge in [-0.25, -0.2) is 9.97 Å². The van der Waals surface area contributed by atoms with Crippen molar-refractivity contribution in [3.8, 4) is 0 Å². The number of aryl methyl sites for hydroxylation is 1. The highest BCUT2D eigenvalue weighted by atomic mass is 32.1. The van der Waals surface area contributed by atoms with Gasteiger partial charge in [0.25, 0.3) is 0 Å². The van der Waals surface area contributed by atoms with Gasteiger partial charge in [-0.3, -0.25) is 0 Å². The maximum atomic E-state index is 8.58. The molecule has 0 amide bonds. The quantitative estimate of drug-likeness (QED) is 0.383. The van der Waals surface area contributed by atoms with Crippen molar-refractivity contribution in [2.75, 3.05) is 11.9 Å². The molecule has 0 radical (unpaired) electrons. The number of anilines is 1. The molecule has 2 aromatic rings. The Balaban J connectivity index is 2.09. The van der Waals surface area contributed by atoms with Crippen molar-refractivity contribution in [1.82, 2.24) is 9.97 Å². The summed E-state index contributed by atoms with van der Waals surface area (Å²) < 4.78 is 0. The number of hydrogen-bond donors (Lipinski definition) is 2. The van der Waals surface area contributed by atoms with E-state index >= 15 is 0 Å². The molecular formula is C12H15N5OS. The first-order valence-corrected chi connectivity index (χ1v) is 6.54. The molecule has 2 aromatic heterocycles. The molecule has 7 heteroatoms. The molecule has 6 nitrogen and oxygen atoms in total. The Labute approximate surface area is 115 Å². The number of hydrogen-bond acceptors (Lipinski definition) is 6. The summed E-state index contributed by atoms with van der Waals surface area (Å²) in [5.41, 5.74) is 7.09. The standard InChI is InChI=1S/C12H15N5OS/c1-8-15-10(7-19-8)6-17(2)11-4-3-9(5-14-11)12(13)16-18/h3-5,7,18H,6H2,1-2H3,(H2,13,16). The topological polar surface area (TPSA) is 87.6 Å². The molecule has 0 unspecified atom stereocenters. The largest absolute Gasteiger partial charge is 0.409 e. The zero-order valence-electron chi connectivity index (χ0n) is 10.7. The van der Waals surface area contributed by atoms with E-state index < -0.39 is 0 Å². The Morgan fingerprint density at radius 2 is 2.32 bits per heavy atom. The van der Waals surface area contributed by atoms with Crippen LogP contribution in [0.15, 0.2) is 28.9 Å². The molecule has 100 valence electrons. The molecular weight excluding hydrogens is 262 g/mol. The molecule has 0 aromatic carbocycles. The predicted octanol–water partition coefficient (Wildman–Crippen LogP) is 1.58. The second-order valence-electron chi connectivity index (χ2n) is 4.10. The second kappa shape index (κ2) is 5.66. The van der Waals surface area contributed by atoms with E-state index in [1.54, 1.807) is 23.6 Å². The maximum Gasteiger partial charge on any atom is 0.171 e. The number of amidine groups is 1. The Morgan fingerprint density at radius 3 is 2.84 bits per heavy atom. The first kappa shape index (κ1) is 13.3. The summed E-state index contributed by atoms with van der Waals surface area (Å²) in [6.07, 6.45) is 1.58. The summed E-state index contributed by atoms with van der Waals surface area (Å²) in [6, 6.07) is 3.59. The number of rotatable bonds is 4. The molecule has 0 atom stereocenters. The third-order valence-corrected chi connectivity index (χ3v) is 3.43. The van der Waals surface area contributed by atoms with E-state index in [1.165, 1.54) is 0 Å². The number of thiazole rings is 1. The van der Waals surface area contributed by atoms with Gasteiger partial charge >= 0.3 is 0 Å². The molecule has 19 heavy (non-hydrogen) atoms. The van der Waals surface area contributed by atoms with Crippen molar-refractivity contribution in [3.05, 3.63) is 40.0 Å². The molecule has 0 aliphatic carbocycles. The van der Waals surface area contributed by atoms with Crippen molar-refractivity contribution in [2.45, 2.75) is 13.5 Å². The number of nitrogens with two attached hydrogens (primary N) is 1. The van der Waals surface area contributed by atoms with E-state index in [0.717, 1.165) is 16.5 Å². The van der Waals surface area contributed by atoms with Gasteiger partial charge in [0.2, 0.25) is 0 Å². The van der Waals surface area contributed by atoms with Crippen molar-refractivity contribution >= 4 is 23.0 Å². The van der Waals surface area contributed by atoms with Crippen LogP contribution in [0.3, 0.4) is 0 Å². The van der Waals surface area contributed by atoms with E-state index in [0.29, 0.717) is 12.1 Å². The van der Waals surface area contributed by atoms with Gasteiger partial charge in [0.1, 0.15) is 5.82 Å². The van der Waals surface area contributed by atoms with Gasteiger partial charge in [0.05, 0.1) is 17.2 Å². The molecule has 2 rings (SSSR count). The molecule has 0 aliphatic heterocycles. The highest BCUT2D eigenvalue weighted by Crippen LogP contribution is 2.15. The monoisotopic (exact) mass is 277 g/mol. The normalized spacial score (nSPS) is 11.6. The van der Waals surface area contributed by atoms with Gasteiger partial charge < -0.3 is 15.8 Å². The summed E-state index contributed by atoms with van der Waals surface area (Å²) >= 11 is 1.63. The smallest absolute Gasteiger partial charge is 0.171 e. The van der Waals surface area contributed by atoms with Crippen LogP contribution < -0.4 is 10.6 Å². The van der Waals surface area contributed by atoms with E-state index in [9.17, 15) is 0 Å². The van der Waals surface area contributed by atoms with Gasteiger partial charge in [-0.05, 0) is 19.1 Å². The highest BCUT2D eigenvalue weighted by molar-refractivity contribution is 7.09. The molecule has 2 heterocycles. The van der Waals surface area contributed by atoms with Gasteiger partial charge in [0, 0.05) is 24.2 Å². The van der Waals surface area contributed by atoms with Crippen molar-refractivity contribution in [1.29, 1.82) is 0 Å². The fourth-order valence-corrected chi connectivity index (χ4v) is 2.23. The summed E-state index contributed by atoms with van der Waals surface area (Å²) in [6.45, 7) is 2.68. The molecule has 0 aliphatic rings. The fourth-order valence-electron chi connectivity index (χ4n) is 1.63. The number of nitrogens with zero attached hydrogens (tertiary/aromatic N) is 4. The van der Waals surface area contributed by atoms with Crippen molar-refractivity contribution in [3.63, 3.8) is 0 Å². The fraction of sp³-hybridized carbons (Fsp3) is 0.250. The lowest BCUT2D eigenvalue weighted by Gasteiger charge is -2.16. The third kappa shape index (κ3) is 3.19. The van der Waals surface area contributed by atoms with Gasteiger partial charge in [-0.2, -0.15) is 0 Å². The minimum atomic E-state index is 0.0526. The van der Waals surface area contributed by atoms with Gasteiger partial charge in [-0.1, -0.05) is 5.16 Å². The van der Waals surface area contributed by atoms with Crippen LogP contribution in [-0.2, 0) is 6.54 Å². The Hall–Kier alpha value is -2.15. The van der Waals surface area contributed by atoms with E-state index in [2.05, 4.69) is 15.1 Å². The number of pyridine rings is 1. The highest BCUT2D eigenvalue weighted by Gasteiger charge is 2.07. The second-order valence-corrected chi connectivity index (χ2v) is 5.17. The van der Waals surface area contributed by atoms with Crippen LogP contribution in [0.5, 0.6) is 0 Å².